The molecule has 1 amide bonds. The van der Waals surface area contributed by atoms with Crippen molar-refractivity contribution in [3.63, 3.8) is 0 Å². The highest BCUT2D eigenvalue weighted by atomic mass is 16.5. The average molecular weight is 223 g/mol. The highest BCUT2D eigenvalue weighted by Gasteiger charge is 2.32. The predicted molar refractivity (Wildman–Crippen MR) is 59.0 cm³/mol. The number of amides is 1. The van der Waals surface area contributed by atoms with Crippen molar-refractivity contribution >= 4 is 5.91 Å². The Morgan fingerprint density at radius 2 is 2.31 bits per heavy atom. The number of aryl methyl sites for hydroxylation is 2. The third-order valence-electron chi connectivity index (χ3n) is 3.02. The summed E-state index contributed by atoms with van der Waals surface area (Å²) in [7, 11) is 0. The smallest absolute Gasteiger partial charge is 0.257 e. The number of nitrogens with one attached hydrogen (secondary N) is 1. The number of rotatable bonds is 4. The normalized spacial score (nSPS) is 17.2. The Balaban J connectivity index is 2.07. The lowest BCUT2D eigenvalue weighted by molar-refractivity contribution is 0.0931. The van der Waals surface area contributed by atoms with Crippen molar-refractivity contribution in [2.45, 2.75) is 32.7 Å². The lowest BCUT2D eigenvalue weighted by atomic mass is 10.1. The number of carbonyl (C=O) groups excluding carboxylic acids is 1. The summed E-state index contributed by atoms with van der Waals surface area (Å²) in [5.74, 6) is 0.981. The molecule has 0 aliphatic heterocycles. The van der Waals surface area contributed by atoms with Gasteiger partial charge in [-0.3, -0.25) is 4.79 Å². The van der Waals surface area contributed by atoms with Gasteiger partial charge in [0.15, 0.2) is 0 Å². The average Bonchev–Trinajstić information content (AvgIpc) is 3.02. The van der Waals surface area contributed by atoms with Crippen molar-refractivity contribution in [1.29, 1.82) is 0 Å². The summed E-state index contributed by atoms with van der Waals surface area (Å²) in [6.45, 7) is 3.99. The van der Waals surface area contributed by atoms with Crippen molar-refractivity contribution < 1.29 is 9.32 Å². The Kier molecular flexibility index (Phi) is 2.96. The molecule has 0 aromatic carbocycles. The molecule has 1 unspecified atom stereocenters. The van der Waals surface area contributed by atoms with Gasteiger partial charge >= 0.3 is 0 Å². The van der Waals surface area contributed by atoms with E-state index in [4.69, 9.17) is 10.3 Å². The standard InChI is InChI=1S/C11H17N3O2/c1-6-10(7(2)16-14-6)11(15)13-9(5-12)8-3-4-8/h8-9H,3-5,12H2,1-2H3,(H,13,15). The van der Waals surface area contributed by atoms with Gasteiger partial charge in [0.1, 0.15) is 11.3 Å². The Morgan fingerprint density at radius 1 is 1.62 bits per heavy atom. The minimum atomic E-state index is -0.126. The maximum atomic E-state index is 12.0. The SMILES string of the molecule is Cc1noc(C)c1C(=O)NC(CN)C1CC1. The van der Waals surface area contributed by atoms with Gasteiger partial charge in [0, 0.05) is 12.6 Å². The van der Waals surface area contributed by atoms with Gasteiger partial charge in [-0.05, 0) is 32.6 Å². The molecular formula is C11H17N3O2. The largest absolute Gasteiger partial charge is 0.361 e. The van der Waals surface area contributed by atoms with E-state index < -0.39 is 0 Å². The van der Waals surface area contributed by atoms with Crippen molar-refractivity contribution in [1.82, 2.24) is 10.5 Å². The zero-order chi connectivity index (χ0) is 11.7. The van der Waals surface area contributed by atoms with Gasteiger partial charge in [-0.15, -0.1) is 0 Å². The maximum absolute atomic E-state index is 12.0. The predicted octanol–water partition coefficient (Wildman–Crippen LogP) is 0.759. The Morgan fingerprint density at radius 3 is 2.75 bits per heavy atom. The summed E-state index contributed by atoms with van der Waals surface area (Å²) in [5.41, 5.74) is 6.80. The number of carbonyl (C=O) groups is 1. The van der Waals surface area contributed by atoms with Crippen molar-refractivity contribution in [2.75, 3.05) is 6.54 Å². The maximum Gasteiger partial charge on any atom is 0.257 e. The van der Waals surface area contributed by atoms with Crippen LogP contribution in [0.15, 0.2) is 4.52 Å². The second-order valence-electron chi connectivity index (χ2n) is 4.35. The van der Waals surface area contributed by atoms with E-state index in [9.17, 15) is 4.79 Å². The summed E-state index contributed by atoms with van der Waals surface area (Å²) in [5, 5.41) is 6.71. The summed E-state index contributed by atoms with van der Waals surface area (Å²) >= 11 is 0. The lowest BCUT2D eigenvalue weighted by Crippen LogP contribution is -2.42. The van der Waals surface area contributed by atoms with Crippen molar-refractivity contribution in [3.05, 3.63) is 17.0 Å². The number of hydrogen-bond donors (Lipinski definition) is 2. The summed E-state index contributed by atoms with van der Waals surface area (Å²) in [4.78, 5) is 12.0. The first kappa shape index (κ1) is 11.1. The molecule has 1 saturated carbocycles. The molecule has 5 heteroatoms. The van der Waals surface area contributed by atoms with Gasteiger partial charge in [0.25, 0.3) is 5.91 Å². The molecule has 1 aliphatic rings. The molecule has 1 fully saturated rings. The van der Waals surface area contributed by atoms with E-state index in [0.29, 0.717) is 29.5 Å². The van der Waals surface area contributed by atoms with Crippen LogP contribution in [0.3, 0.4) is 0 Å². The van der Waals surface area contributed by atoms with Gasteiger partial charge in [0.05, 0.1) is 5.69 Å². The minimum Gasteiger partial charge on any atom is -0.361 e. The molecule has 5 nitrogen and oxygen atoms in total. The molecule has 1 aromatic rings. The lowest BCUT2D eigenvalue weighted by Gasteiger charge is -2.15. The summed E-state index contributed by atoms with van der Waals surface area (Å²) in [6, 6.07) is 0.0844. The van der Waals surface area contributed by atoms with Gasteiger partial charge in [0.2, 0.25) is 0 Å². The van der Waals surface area contributed by atoms with Crippen LogP contribution in [0.4, 0.5) is 0 Å². The number of aromatic nitrogens is 1. The topological polar surface area (TPSA) is 81.2 Å². The molecule has 0 bridgehead atoms. The van der Waals surface area contributed by atoms with Crippen LogP contribution in [0, 0.1) is 19.8 Å². The first-order chi connectivity index (χ1) is 7.63. The van der Waals surface area contributed by atoms with Gasteiger partial charge in [-0.1, -0.05) is 5.16 Å². The van der Waals surface area contributed by atoms with Crippen molar-refractivity contribution in [3.8, 4) is 0 Å². The molecule has 2 rings (SSSR count). The zero-order valence-electron chi connectivity index (χ0n) is 9.62. The fourth-order valence-electron chi connectivity index (χ4n) is 1.92. The molecule has 16 heavy (non-hydrogen) atoms. The van der Waals surface area contributed by atoms with E-state index in [0.717, 1.165) is 12.8 Å². The monoisotopic (exact) mass is 223 g/mol. The van der Waals surface area contributed by atoms with Gasteiger partial charge < -0.3 is 15.6 Å². The summed E-state index contributed by atoms with van der Waals surface area (Å²) < 4.78 is 4.97. The highest BCUT2D eigenvalue weighted by Crippen LogP contribution is 2.32. The molecule has 88 valence electrons. The minimum absolute atomic E-state index is 0.0844. The Bertz CT molecular complexity index is 376. The molecule has 1 heterocycles. The quantitative estimate of drug-likeness (QED) is 0.789. The molecule has 0 spiro atoms. The van der Waals surface area contributed by atoms with Crippen LogP contribution in [0.1, 0.15) is 34.7 Å². The second kappa shape index (κ2) is 4.25. The molecule has 0 saturated heterocycles. The van der Waals surface area contributed by atoms with E-state index in [1.54, 1.807) is 13.8 Å². The Labute approximate surface area is 94.4 Å². The molecule has 1 aromatic heterocycles. The third kappa shape index (κ3) is 2.09. The fourth-order valence-corrected chi connectivity index (χ4v) is 1.92. The van der Waals surface area contributed by atoms with E-state index in [1.807, 2.05) is 0 Å². The molecule has 3 N–H and O–H groups in total. The summed E-state index contributed by atoms with van der Waals surface area (Å²) in [6.07, 6.45) is 2.31. The van der Waals surface area contributed by atoms with E-state index in [2.05, 4.69) is 10.5 Å². The van der Waals surface area contributed by atoms with E-state index in [-0.39, 0.29) is 11.9 Å². The van der Waals surface area contributed by atoms with Gasteiger partial charge in [-0.25, -0.2) is 0 Å². The van der Waals surface area contributed by atoms with E-state index in [1.165, 1.54) is 0 Å². The van der Waals surface area contributed by atoms with Crippen LogP contribution < -0.4 is 11.1 Å². The highest BCUT2D eigenvalue weighted by molar-refractivity contribution is 5.96. The number of nitrogens with zero attached hydrogens (tertiary/aromatic N) is 1. The van der Waals surface area contributed by atoms with Crippen molar-refractivity contribution in [2.24, 2.45) is 11.7 Å². The fraction of sp³-hybridized carbons (Fsp3) is 0.636. The van der Waals surface area contributed by atoms with E-state index >= 15 is 0 Å². The molecule has 1 aliphatic carbocycles. The molecule has 0 radical (unpaired) electrons. The molecular weight excluding hydrogens is 206 g/mol. The first-order valence-electron chi connectivity index (χ1n) is 5.57. The van der Waals surface area contributed by atoms with Crippen LogP contribution in [0.2, 0.25) is 0 Å². The zero-order valence-corrected chi connectivity index (χ0v) is 9.62. The van der Waals surface area contributed by atoms with Crippen LogP contribution in [-0.2, 0) is 0 Å². The van der Waals surface area contributed by atoms with Gasteiger partial charge in [-0.2, -0.15) is 0 Å². The Hall–Kier alpha value is -1.36. The second-order valence-corrected chi connectivity index (χ2v) is 4.35. The first-order valence-corrected chi connectivity index (χ1v) is 5.57. The van der Waals surface area contributed by atoms with Crippen LogP contribution in [0.25, 0.3) is 0 Å². The van der Waals surface area contributed by atoms with Crippen LogP contribution in [0.5, 0.6) is 0 Å². The number of hydrogen-bond acceptors (Lipinski definition) is 4. The van der Waals surface area contributed by atoms with Crippen LogP contribution in [-0.4, -0.2) is 23.7 Å². The number of nitrogens with two attached hydrogens (primary N) is 1. The third-order valence-corrected chi connectivity index (χ3v) is 3.02. The molecule has 1 atom stereocenters. The van der Waals surface area contributed by atoms with Crippen LogP contribution >= 0.6 is 0 Å².